The van der Waals surface area contributed by atoms with E-state index in [9.17, 15) is 4.79 Å². The third kappa shape index (κ3) is 4.83. The lowest BCUT2D eigenvalue weighted by Crippen LogP contribution is -2.43. The smallest absolute Gasteiger partial charge is 0.253 e. The summed E-state index contributed by atoms with van der Waals surface area (Å²) in [6.45, 7) is 2.27. The second-order valence-electron chi connectivity index (χ2n) is 7.33. The van der Waals surface area contributed by atoms with Gasteiger partial charge in [-0.15, -0.1) is 0 Å². The van der Waals surface area contributed by atoms with E-state index in [0.29, 0.717) is 36.1 Å². The molecule has 3 heterocycles. The molecule has 0 radical (unpaired) electrons. The number of hydrogen-bond acceptors (Lipinski definition) is 5. The van der Waals surface area contributed by atoms with Gasteiger partial charge in [0.1, 0.15) is 11.5 Å². The van der Waals surface area contributed by atoms with Gasteiger partial charge in [-0.25, -0.2) is 0 Å². The molecule has 1 fully saturated rings. The molecule has 0 aliphatic carbocycles. The number of aromatic amines is 1. The van der Waals surface area contributed by atoms with Crippen LogP contribution < -0.4 is 15.6 Å². The Bertz CT molecular complexity index is 1060. The number of nitrogens with one attached hydrogen (secondary N) is 2. The predicted octanol–water partition coefficient (Wildman–Crippen LogP) is 3.19. The number of methoxy groups -OCH3 is 1. The first kappa shape index (κ1) is 20.4. The van der Waals surface area contributed by atoms with Crippen molar-refractivity contribution in [3.8, 4) is 5.75 Å². The van der Waals surface area contributed by atoms with E-state index in [0.717, 1.165) is 36.1 Å². The maximum absolute atomic E-state index is 12.7. The third-order valence-corrected chi connectivity index (χ3v) is 5.62. The molecule has 0 spiro atoms. The van der Waals surface area contributed by atoms with E-state index in [1.165, 1.54) is 0 Å². The van der Waals surface area contributed by atoms with E-state index in [1.807, 2.05) is 41.3 Å². The molecule has 30 heavy (non-hydrogen) atoms. The quantitative estimate of drug-likeness (QED) is 0.561. The molecule has 1 aliphatic rings. The molecule has 1 saturated heterocycles. The maximum atomic E-state index is 12.7. The first-order valence-corrected chi connectivity index (χ1v) is 10.4. The van der Waals surface area contributed by atoms with Crippen molar-refractivity contribution in [3.63, 3.8) is 0 Å². The van der Waals surface area contributed by atoms with Crippen LogP contribution in [0.4, 0.5) is 0 Å². The Hall–Kier alpha value is -2.84. The monoisotopic (exact) mass is 427 g/mol. The molecule has 1 aliphatic heterocycles. The largest absolute Gasteiger partial charge is 0.497 e. The van der Waals surface area contributed by atoms with Gasteiger partial charge in [0.15, 0.2) is 5.11 Å². The van der Waals surface area contributed by atoms with E-state index in [-0.39, 0.29) is 11.7 Å². The number of aromatic nitrogens is 1. The van der Waals surface area contributed by atoms with Crippen molar-refractivity contribution in [2.75, 3.05) is 20.3 Å². The zero-order chi connectivity index (χ0) is 20.9. The molecule has 3 aromatic rings. The van der Waals surface area contributed by atoms with E-state index in [2.05, 4.69) is 10.3 Å². The van der Waals surface area contributed by atoms with Gasteiger partial charge in [-0.2, -0.15) is 0 Å². The minimum Gasteiger partial charge on any atom is -0.497 e. The van der Waals surface area contributed by atoms with Gasteiger partial charge in [0.05, 0.1) is 38.1 Å². The number of furan rings is 1. The summed E-state index contributed by atoms with van der Waals surface area (Å²) in [5, 5.41) is 4.74. The first-order chi connectivity index (χ1) is 14.6. The van der Waals surface area contributed by atoms with Crippen molar-refractivity contribution < 1.29 is 13.9 Å². The van der Waals surface area contributed by atoms with Crippen LogP contribution in [0.5, 0.6) is 5.75 Å². The van der Waals surface area contributed by atoms with E-state index in [1.54, 1.807) is 13.4 Å². The molecular weight excluding hydrogens is 402 g/mol. The maximum Gasteiger partial charge on any atom is 0.253 e. The standard InChI is InChI=1S/C22H25N3O4S/c1-27-17-7-6-15-10-16(21(26)24-20(15)11-17)13-25(14-19-5-3-9-29-19)22(30)23-12-18-4-2-8-28-18/h2,4,6-8,10-11,19H,3,5,9,12-14H2,1H3,(H,23,30)(H,24,26)/t19-/m0/s1. The zero-order valence-electron chi connectivity index (χ0n) is 16.8. The van der Waals surface area contributed by atoms with Crippen LogP contribution in [0.1, 0.15) is 24.2 Å². The van der Waals surface area contributed by atoms with Gasteiger partial charge in [-0.05, 0) is 60.8 Å². The van der Waals surface area contributed by atoms with Crippen LogP contribution in [0.25, 0.3) is 10.9 Å². The normalized spacial score (nSPS) is 16.0. The van der Waals surface area contributed by atoms with Gasteiger partial charge in [-0.3, -0.25) is 4.79 Å². The van der Waals surface area contributed by atoms with E-state index >= 15 is 0 Å². The van der Waals surface area contributed by atoms with Crippen LogP contribution in [0.2, 0.25) is 0 Å². The molecule has 0 saturated carbocycles. The number of thiocarbonyl (C=S) groups is 1. The molecular formula is C22H25N3O4S. The lowest BCUT2D eigenvalue weighted by Gasteiger charge is -2.28. The van der Waals surface area contributed by atoms with Gasteiger partial charge < -0.3 is 29.1 Å². The number of fused-ring (bicyclic) bond motifs is 1. The topological polar surface area (TPSA) is 79.7 Å². The second kappa shape index (κ2) is 9.32. The van der Waals surface area contributed by atoms with Crippen LogP contribution in [0.15, 0.2) is 51.9 Å². The molecule has 0 amide bonds. The molecule has 2 aromatic heterocycles. The van der Waals surface area contributed by atoms with Crippen LogP contribution in [-0.2, 0) is 17.8 Å². The van der Waals surface area contributed by atoms with Crippen molar-refractivity contribution in [1.29, 1.82) is 0 Å². The van der Waals surface area contributed by atoms with Crippen LogP contribution in [-0.4, -0.2) is 41.4 Å². The van der Waals surface area contributed by atoms with Gasteiger partial charge in [0.25, 0.3) is 5.56 Å². The van der Waals surface area contributed by atoms with Gasteiger partial charge >= 0.3 is 0 Å². The van der Waals surface area contributed by atoms with Crippen molar-refractivity contribution in [3.05, 3.63) is 64.3 Å². The lowest BCUT2D eigenvalue weighted by molar-refractivity contribution is 0.0896. The summed E-state index contributed by atoms with van der Waals surface area (Å²) in [4.78, 5) is 17.7. The van der Waals surface area contributed by atoms with Crippen LogP contribution >= 0.6 is 12.2 Å². The number of hydrogen-bond donors (Lipinski definition) is 2. The van der Waals surface area contributed by atoms with Gasteiger partial charge in [0, 0.05) is 24.8 Å². The van der Waals surface area contributed by atoms with Crippen LogP contribution in [0.3, 0.4) is 0 Å². The number of pyridine rings is 1. The van der Waals surface area contributed by atoms with Gasteiger partial charge in [-0.1, -0.05) is 0 Å². The molecule has 8 heteroatoms. The minimum atomic E-state index is -0.137. The fraction of sp³-hybridized carbons (Fsp3) is 0.364. The molecule has 7 nitrogen and oxygen atoms in total. The Morgan fingerprint density at radius 2 is 2.27 bits per heavy atom. The Morgan fingerprint density at radius 1 is 1.37 bits per heavy atom. The van der Waals surface area contributed by atoms with Gasteiger partial charge in [0.2, 0.25) is 0 Å². The summed E-state index contributed by atoms with van der Waals surface area (Å²) in [5.41, 5.74) is 1.25. The van der Waals surface area contributed by atoms with Crippen molar-refractivity contribution in [2.45, 2.75) is 32.0 Å². The van der Waals surface area contributed by atoms with Crippen molar-refractivity contribution in [2.24, 2.45) is 0 Å². The SMILES string of the molecule is COc1ccc2cc(CN(C[C@@H]3CCCO3)C(=S)NCc3ccco3)c(=O)[nH]c2c1. The molecule has 0 unspecified atom stereocenters. The number of H-pyrrole nitrogens is 1. The summed E-state index contributed by atoms with van der Waals surface area (Å²) in [7, 11) is 1.60. The Balaban J connectivity index is 1.54. The fourth-order valence-corrected chi connectivity index (χ4v) is 3.83. The number of nitrogens with zero attached hydrogens (tertiary/aromatic N) is 1. The molecule has 1 atom stereocenters. The average molecular weight is 428 g/mol. The van der Waals surface area contributed by atoms with Crippen LogP contribution in [0, 0.1) is 0 Å². The summed E-state index contributed by atoms with van der Waals surface area (Å²) < 4.78 is 16.4. The van der Waals surface area contributed by atoms with E-state index < -0.39 is 0 Å². The Labute approximate surface area is 180 Å². The lowest BCUT2D eigenvalue weighted by atomic mass is 10.1. The third-order valence-electron chi connectivity index (χ3n) is 5.22. The zero-order valence-corrected chi connectivity index (χ0v) is 17.7. The second-order valence-corrected chi connectivity index (χ2v) is 7.72. The molecule has 1 aromatic carbocycles. The highest BCUT2D eigenvalue weighted by molar-refractivity contribution is 7.80. The Kier molecular flexibility index (Phi) is 6.35. The first-order valence-electron chi connectivity index (χ1n) is 9.99. The predicted molar refractivity (Wildman–Crippen MR) is 119 cm³/mol. The number of benzene rings is 1. The molecule has 0 bridgehead atoms. The molecule has 158 valence electrons. The number of rotatable bonds is 7. The summed E-state index contributed by atoms with van der Waals surface area (Å²) in [6, 6.07) is 11.3. The highest BCUT2D eigenvalue weighted by Gasteiger charge is 2.22. The highest BCUT2D eigenvalue weighted by Crippen LogP contribution is 2.20. The van der Waals surface area contributed by atoms with Crippen molar-refractivity contribution in [1.82, 2.24) is 15.2 Å². The fourth-order valence-electron chi connectivity index (χ4n) is 3.62. The summed E-state index contributed by atoms with van der Waals surface area (Å²) in [5.74, 6) is 1.50. The Morgan fingerprint density at radius 3 is 3.00 bits per heavy atom. The minimum absolute atomic E-state index is 0.108. The summed E-state index contributed by atoms with van der Waals surface area (Å²) >= 11 is 5.64. The van der Waals surface area contributed by atoms with E-state index in [4.69, 9.17) is 26.1 Å². The number of ether oxygens (including phenoxy) is 2. The highest BCUT2D eigenvalue weighted by atomic mass is 32.1. The molecule has 4 rings (SSSR count). The molecule has 2 N–H and O–H groups in total. The average Bonchev–Trinajstić information content (AvgIpc) is 3.45. The summed E-state index contributed by atoms with van der Waals surface area (Å²) in [6.07, 6.45) is 3.78. The van der Waals surface area contributed by atoms with Crippen molar-refractivity contribution >= 4 is 28.2 Å².